The minimum Gasteiger partial charge on any atom is -0.387 e. The number of rotatable bonds is 12. The zero-order valence-corrected chi connectivity index (χ0v) is 21.8. The van der Waals surface area contributed by atoms with Crippen molar-refractivity contribution in [3.8, 4) is 0 Å². The molecule has 0 heterocycles. The van der Waals surface area contributed by atoms with Gasteiger partial charge in [0.2, 0.25) is 0 Å². The van der Waals surface area contributed by atoms with E-state index >= 15 is 0 Å². The van der Waals surface area contributed by atoms with Crippen LogP contribution in [0.25, 0.3) is 0 Å². The largest absolute Gasteiger partial charge is 0.481 e. The number of hydrogen-bond donors (Lipinski definition) is 12. The summed E-state index contributed by atoms with van der Waals surface area (Å²) in [6.07, 6.45) is -17.5. The summed E-state index contributed by atoms with van der Waals surface area (Å²) in [6.45, 7) is 0. The maximum Gasteiger partial charge on any atom is 0.481 e. The van der Waals surface area contributed by atoms with E-state index in [1.165, 1.54) is 0 Å². The smallest absolute Gasteiger partial charge is 0.387 e. The molecule has 9 atom stereocenters. The molecular weight excluding hydrogens is 642 g/mol. The molecule has 3 unspecified atom stereocenters. The van der Waals surface area contributed by atoms with Gasteiger partial charge in [0, 0.05) is 0 Å². The Morgan fingerprint density at radius 3 is 0.833 bits per heavy atom. The lowest BCUT2D eigenvalue weighted by Gasteiger charge is -2.45. The summed E-state index contributed by atoms with van der Waals surface area (Å²) in [7, 11) is -36.2. The Labute approximate surface area is 197 Å². The van der Waals surface area contributed by atoms with Crippen LogP contribution in [0.15, 0.2) is 0 Å². The van der Waals surface area contributed by atoms with Crippen LogP contribution in [-0.2, 0) is 53.9 Å². The molecule has 1 aliphatic carbocycles. The third-order valence-corrected chi connectivity index (χ3v) is 9.97. The number of aliphatic hydroxyl groups excluding tert-OH is 3. The fraction of sp³-hybridized carbons (Fsp3) is 1.00. The maximum absolute atomic E-state index is 12.0. The summed E-state index contributed by atoms with van der Waals surface area (Å²) in [4.78, 5) is 80.5. The van der Waals surface area contributed by atoms with Gasteiger partial charge in [-0.2, -0.15) is 12.9 Å². The minimum absolute atomic E-state index is 2.74. The molecule has 1 aliphatic rings. The molecule has 1 fully saturated rings. The van der Waals surface area contributed by atoms with E-state index in [1.54, 1.807) is 0 Å². The van der Waals surface area contributed by atoms with E-state index in [0.717, 1.165) is 0 Å². The first-order chi connectivity index (χ1) is 15.6. The standard InChI is InChI=1S/C6H18O24P6/c7-1-2(8)4(25-34(19,20)28-31(10,11)12)6(27-36(23,24)30-33(16,17)18)5(3(1)9)26-35(21,22)29-32(13,14)15/h1-9H,(H,19,20)(H,21,22)(H,23,24)(H2,10,11,12)(H2,13,14,15)(H2,16,17,18)/t1-,2-,3+,4+,5-,6+. The van der Waals surface area contributed by atoms with Gasteiger partial charge < -0.3 is 59.4 Å². The highest BCUT2D eigenvalue weighted by Crippen LogP contribution is 2.63. The first-order valence-electron chi connectivity index (χ1n) is 8.02. The van der Waals surface area contributed by atoms with Crippen molar-refractivity contribution in [1.29, 1.82) is 0 Å². The van der Waals surface area contributed by atoms with E-state index in [9.17, 15) is 57.4 Å². The van der Waals surface area contributed by atoms with Gasteiger partial charge in [-0.15, -0.1) is 0 Å². The summed E-state index contributed by atoms with van der Waals surface area (Å²) in [6, 6.07) is 0. The molecule has 0 aromatic rings. The fourth-order valence-corrected chi connectivity index (χ4v) is 7.79. The molecule has 216 valence electrons. The molecule has 0 aliphatic heterocycles. The topological polar surface area (TPSA) is 401 Å². The molecule has 0 radical (unpaired) electrons. The SMILES string of the molecule is O=P(O)(O)OP(=O)(O)O[C@@H]1[C@H](OP(=O)(O)OP(=O)(O)O)[C@@H](O)[C@H](O)[C@@H](O)[C@@H]1OP(=O)(O)OP(=O)(O)O. The molecule has 0 spiro atoms. The molecule has 1 rings (SSSR count). The van der Waals surface area contributed by atoms with E-state index in [2.05, 4.69) is 26.5 Å². The van der Waals surface area contributed by atoms with Crippen molar-refractivity contribution >= 4 is 46.9 Å². The van der Waals surface area contributed by atoms with Crippen LogP contribution in [0.2, 0.25) is 0 Å². The predicted molar refractivity (Wildman–Crippen MR) is 102 cm³/mol. The average molecular weight is 660 g/mol. The van der Waals surface area contributed by atoms with E-state index in [0.29, 0.717) is 0 Å². The molecule has 0 aromatic carbocycles. The van der Waals surface area contributed by atoms with Crippen molar-refractivity contribution in [2.75, 3.05) is 0 Å². The van der Waals surface area contributed by atoms with Crippen molar-refractivity contribution in [2.24, 2.45) is 0 Å². The first kappa shape index (κ1) is 34.7. The Morgan fingerprint density at radius 2 is 0.611 bits per heavy atom. The first-order valence-corrected chi connectivity index (χ1v) is 17.1. The Kier molecular flexibility index (Phi) is 11.2. The fourth-order valence-electron chi connectivity index (χ4n) is 2.45. The van der Waals surface area contributed by atoms with Crippen LogP contribution in [0.3, 0.4) is 0 Å². The van der Waals surface area contributed by atoms with Gasteiger partial charge >= 0.3 is 46.9 Å². The lowest BCUT2D eigenvalue weighted by atomic mass is 9.85. The lowest BCUT2D eigenvalue weighted by molar-refractivity contribution is -0.212. The molecule has 0 aromatic heterocycles. The second-order valence-electron chi connectivity index (χ2n) is 6.30. The van der Waals surface area contributed by atoms with Crippen LogP contribution >= 0.6 is 46.9 Å². The van der Waals surface area contributed by atoms with Crippen molar-refractivity contribution in [3.63, 3.8) is 0 Å². The van der Waals surface area contributed by atoms with Gasteiger partial charge in [0.1, 0.15) is 36.6 Å². The maximum atomic E-state index is 12.0. The van der Waals surface area contributed by atoms with Crippen LogP contribution in [0.5, 0.6) is 0 Å². The van der Waals surface area contributed by atoms with Crippen LogP contribution in [0.4, 0.5) is 0 Å². The third kappa shape index (κ3) is 11.8. The summed E-state index contributed by atoms with van der Waals surface area (Å²) in [5, 5.41) is 30.0. The molecule has 0 bridgehead atoms. The van der Waals surface area contributed by atoms with Gasteiger partial charge in [-0.1, -0.05) is 0 Å². The summed E-state index contributed by atoms with van der Waals surface area (Å²) >= 11 is 0. The molecule has 0 saturated heterocycles. The van der Waals surface area contributed by atoms with Gasteiger partial charge in [0.05, 0.1) is 0 Å². The second-order valence-corrected chi connectivity index (χ2v) is 14.7. The summed E-state index contributed by atoms with van der Waals surface area (Å²) in [5.74, 6) is 0. The van der Waals surface area contributed by atoms with Gasteiger partial charge in [0.15, 0.2) is 0 Å². The van der Waals surface area contributed by atoms with Crippen molar-refractivity contribution < 1.29 is 113 Å². The van der Waals surface area contributed by atoms with Crippen molar-refractivity contribution in [3.05, 3.63) is 0 Å². The van der Waals surface area contributed by atoms with Crippen LogP contribution < -0.4 is 0 Å². The number of phosphoric ester groups is 3. The summed E-state index contributed by atoms with van der Waals surface area (Å²) < 4.78 is 91.0. The number of hydrogen-bond acceptors (Lipinski definition) is 15. The van der Waals surface area contributed by atoms with Crippen molar-refractivity contribution in [2.45, 2.75) is 36.6 Å². The van der Waals surface area contributed by atoms with E-state index < -0.39 is 83.6 Å². The van der Waals surface area contributed by atoms with Gasteiger partial charge in [-0.25, -0.2) is 27.4 Å². The van der Waals surface area contributed by atoms with Crippen LogP contribution in [0.1, 0.15) is 0 Å². The van der Waals surface area contributed by atoms with Crippen molar-refractivity contribution in [1.82, 2.24) is 0 Å². The highest BCUT2D eigenvalue weighted by atomic mass is 31.3. The van der Waals surface area contributed by atoms with Gasteiger partial charge in [-0.3, -0.25) is 13.6 Å². The Bertz CT molecular complexity index is 1000. The third-order valence-electron chi connectivity index (χ3n) is 3.41. The lowest BCUT2D eigenvalue weighted by Crippen LogP contribution is -2.65. The molecule has 0 amide bonds. The molecule has 24 nitrogen and oxygen atoms in total. The molecule has 12 N–H and O–H groups in total. The predicted octanol–water partition coefficient (Wildman–Crippen LogP) is -3.13. The molecule has 1 saturated carbocycles. The van der Waals surface area contributed by atoms with Crippen LogP contribution in [0, 0.1) is 0 Å². The van der Waals surface area contributed by atoms with E-state index in [4.69, 9.17) is 29.4 Å². The number of aliphatic hydroxyl groups is 3. The normalized spacial score (nSPS) is 33.3. The Morgan fingerprint density at radius 1 is 0.389 bits per heavy atom. The van der Waals surface area contributed by atoms with E-state index in [1.807, 2.05) is 0 Å². The molecule has 30 heteroatoms. The zero-order chi connectivity index (χ0) is 28.7. The highest BCUT2D eigenvalue weighted by Gasteiger charge is 2.58. The Balaban J connectivity index is 3.59. The second kappa shape index (κ2) is 11.6. The van der Waals surface area contributed by atoms with Gasteiger partial charge in [0.25, 0.3) is 0 Å². The quantitative estimate of drug-likeness (QED) is 0.0920. The highest BCUT2D eigenvalue weighted by molar-refractivity contribution is 7.61. The van der Waals surface area contributed by atoms with Crippen LogP contribution in [-0.4, -0.2) is 96.0 Å². The monoisotopic (exact) mass is 660 g/mol. The molecular formula is C6H18O24P6. The molecule has 36 heavy (non-hydrogen) atoms. The Hall–Kier alpha value is 0.660. The number of phosphoric acid groups is 6. The van der Waals surface area contributed by atoms with Gasteiger partial charge in [-0.05, 0) is 0 Å². The summed E-state index contributed by atoms with van der Waals surface area (Å²) in [5.41, 5.74) is 0. The van der Waals surface area contributed by atoms with E-state index in [-0.39, 0.29) is 0 Å². The minimum atomic E-state index is -6.20. The average Bonchev–Trinajstić information content (AvgIpc) is 2.53. The zero-order valence-electron chi connectivity index (χ0n) is 16.4.